The van der Waals surface area contributed by atoms with Gasteiger partial charge in [-0.2, -0.15) is 0 Å². The second-order valence-electron chi connectivity index (χ2n) is 6.21. The van der Waals surface area contributed by atoms with Crippen molar-refractivity contribution in [2.24, 2.45) is 5.73 Å². The second kappa shape index (κ2) is 8.09. The molecule has 0 aromatic carbocycles. The molecule has 0 bridgehead atoms. The van der Waals surface area contributed by atoms with Crippen LogP contribution < -0.4 is 11.1 Å². The number of carbonyl (C=O) groups is 1. The molecular weight excluding hydrogens is 359 g/mol. The third-order valence-corrected chi connectivity index (χ3v) is 4.70. The molecule has 2 fully saturated rings. The summed E-state index contributed by atoms with van der Waals surface area (Å²) in [7, 11) is 0. The van der Waals surface area contributed by atoms with Gasteiger partial charge in [0.05, 0.1) is 23.4 Å². The van der Waals surface area contributed by atoms with Crippen molar-refractivity contribution in [3.05, 3.63) is 11.1 Å². The van der Waals surface area contributed by atoms with Gasteiger partial charge in [0, 0.05) is 25.0 Å². The SMILES string of the molecule is CC1CN(Cc2csc(NC(=O)C3(N)CC3)n2)CC(C)O1.Cl.Cl. The van der Waals surface area contributed by atoms with Gasteiger partial charge in [0.25, 0.3) is 0 Å². The van der Waals surface area contributed by atoms with Gasteiger partial charge in [-0.1, -0.05) is 0 Å². The normalized spacial score (nSPS) is 25.9. The number of amides is 1. The van der Waals surface area contributed by atoms with Gasteiger partial charge in [0.1, 0.15) is 0 Å². The number of thiazole rings is 1. The summed E-state index contributed by atoms with van der Waals surface area (Å²) < 4.78 is 5.73. The number of nitrogens with one attached hydrogen (secondary N) is 1. The minimum atomic E-state index is -0.652. The predicted octanol–water partition coefficient (Wildman–Crippen LogP) is 2.03. The Bertz CT molecular complexity index is 529. The minimum Gasteiger partial charge on any atom is -0.373 e. The van der Waals surface area contributed by atoms with Gasteiger partial charge in [-0.25, -0.2) is 4.98 Å². The fraction of sp³-hybridized carbons (Fsp3) is 0.714. The molecule has 1 amide bonds. The molecule has 2 unspecified atom stereocenters. The number of aromatic nitrogens is 1. The molecule has 1 saturated heterocycles. The van der Waals surface area contributed by atoms with Crippen molar-refractivity contribution >= 4 is 47.2 Å². The monoisotopic (exact) mass is 382 g/mol. The van der Waals surface area contributed by atoms with Gasteiger partial charge in [-0.15, -0.1) is 36.2 Å². The number of halogens is 2. The summed E-state index contributed by atoms with van der Waals surface area (Å²) in [5.41, 5.74) is 6.20. The smallest absolute Gasteiger partial charge is 0.246 e. The lowest BCUT2D eigenvalue weighted by Crippen LogP contribution is -2.44. The molecule has 2 aliphatic rings. The summed E-state index contributed by atoms with van der Waals surface area (Å²) in [6.07, 6.45) is 2.03. The maximum atomic E-state index is 11.9. The second-order valence-corrected chi connectivity index (χ2v) is 7.06. The molecule has 6 nitrogen and oxygen atoms in total. The Kier molecular flexibility index (Phi) is 7.25. The molecule has 3 N–H and O–H groups in total. The highest BCUT2D eigenvalue weighted by atomic mass is 35.5. The zero-order chi connectivity index (χ0) is 15.0. The Morgan fingerprint density at radius 3 is 2.61 bits per heavy atom. The van der Waals surface area contributed by atoms with Gasteiger partial charge < -0.3 is 15.8 Å². The Morgan fingerprint density at radius 1 is 1.43 bits per heavy atom. The van der Waals surface area contributed by atoms with E-state index in [-0.39, 0.29) is 42.9 Å². The van der Waals surface area contributed by atoms with Crippen LogP contribution in [0.5, 0.6) is 0 Å². The molecule has 1 saturated carbocycles. The van der Waals surface area contributed by atoms with Crippen LogP contribution in [0.4, 0.5) is 5.13 Å². The number of nitrogens with two attached hydrogens (primary N) is 1. The van der Waals surface area contributed by atoms with E-state index in [1.54, 1.807) is 0 Å². The Hall–Kier alpha value is -0.440. The Labute approximate surface area is 153 Å². The minimum absolute atomic E-state index is 0. The van der Waals surface area contributed by atoms with E-state index in [1.807, 2.05) is 5.38 Å². The van der Waals surface area contributed by atoms with Crippen molar-refractivity contribution in [2.75, 3.05) is 18.4 Å². The van der Waals surface area contributed by atoms with Crippen LogP contribution >= 0.6 is 36.2 Å². The van der Waals surface area contributed by atoms with Crippen LogP contribution in [0, 0.1) is 0 Å². The van der Waals surface area contributed by atoms with Crippen LogP contribution in [0.25, 0.3) is 0 Å². The number of morpholine rings is 1. The lowest BCUT2D eigenvalue weighted by Gasteiger charge is -2.34. The van der Waals surface area contributed by atoms with Crippen molar-refractivity contribution in [1.82, 2.24) is 9.88 Å². The number of nitrogens with zero attached hydrogens (tertiary/aromatic N) is 2. The van der Waals surface area contributed by atoms with Crippen LogP contribution in [0.3, 0.4) is 0 Å². The van der Waals surface area contributed by atoms with Crippen molar-refractivity contribution < 1.29 is 9.53 Å². The largest absolute Gasteiger partial charge is 0.373 e. The summed E-state index contributed by atoms with van der Waals surface area (Å²) in [6.45, 7) is 6.79. The molecular formula is C14H24Cl2N4O2S. The van der Waals surface area contributed by atoms with E-state index in [9.17, 15) is 4.79 Å². The van der Waals surface area contributed by atoms with Crippen LogP contribution in [0.15, 0.2) is 5.38 Å². The van der Waals surface area contributed by atoms with Gasteiger partial charge in [0.15, 0.2) is 5.13 Å². The van der Waals surface area contributed by atoms with Crippen molar-refractivity contribution in [1.29, 1.82) is 0 Å². The highest BCUT2D eigenvalue weighted by Gasteiger charge is 2.46. The van der Waals surface area contributed by atoms with Crippen LogP contribution in [-0.2, 0) is 16.1 Å². The molecule has 1 aromatic rings. The fourth-order valence-corrected chi connectivity index (χ4v) is 3.36. The third kappa shape index (κ3) is 5.27. The maximum Gasteiger partial charge on any atom is 0.246 e. The molecule has 0 radical (unpaired) electrons. The molecule has 9 heteroatoms. The first kappa shape index (κ1) is 20.6. The predicted molar refractivity (Wildman–Crippen MR) is 96.7 cm³/mol. The number of rotatable bonds is 4. The number of carbonyl (C=O) groups excluding carboxylic acids is 1. The van der Waals surface area contributed by atoms with Crippen molar-refractivity contribution in [3.8, 4) is 0 Å². The highest BCUT2D eigenvalue weighted by molar-refractivity contribution is 7.13. The number of hydrogen-bond acceptors (Lipinski definition) is 6. The van der Waals surface area contributed by atoms with Gasteiger partial charge >= 0.3 is 0 Å². The van der Waals surface area contributed by atoms with Crippen LogP contribution in [0.1, 0.15) is 32.4 Å². The zero-order valence-corrected chi connectivity index (χ0v) is 15.7. The van der Waals surface area contributed by atoms with Crippen molar-refractivity contribution in [3.63, 3.8) is 0 Å². The van der Waals surface area contributed by atoms with Gasteiger partial charge in [-0.3, -0.25) is 9.69 Å². The summed E-state index contributed by atoms with van der Waals surface area (Å²) in [6, 6.07) is 0. The quantitative estimate of drug-likeness (QED) is 0.832. The molecule has 2 atom stereocenters. The van der Waals surface area contributed by atoms with E-state index < -0.39 is 5.54 Å². The first-order chi connectivity index (χ1) is 9.94. The molecule has 132 valence electrons. The summed E-state index contributed by atoms with van der Waals surface area (Å²) >= 11 is 1.46. The summed E-state index contributed by atoms with van der Waals surface area (Å²) in [5.74, 6) is -0.114. The maximum absolute atomic E-state index is 11.9. The van der Waals surface area contributed by atoms with Crippen LogP contribution in [0.2, 0.25) is 0 Å². The van der Waals surface area contributed by atoms with Crippen LogP contribution in [-0.4, -0.2) is 46.6 Å². The standard InChI is InChI=1S/C14H22N4O2S.2ClH/c1-9-5-18(6-10(2)20-9)7-11-8-21-13(16-11)17-12(19)14(15)3-4-14;;/h8-10H,3-7,15H2,1-2H3,(H,16,17,19);2*1H. The molecule has 1 aliphatic carbocycles. The topological polar surface area (TPSA) is 80.5 Å². The summed E-state index contributed by atoms with van der Waals surface area (Å²) in [5, 5.41) is 5.46. The van der Waals surface area contributed by atoms with E-state index in [4.69, 9.17) is 10.5 Å². The van der Waals surface area contributed by atoms with E-state index >= 15 is 0 Å². The fourth-order valence-electron chi connectivity index (χ4n) is 2.66. The molecule has 2 heterocycles. The third-order valence-electron chi connectivity index (χ3n) is 3.89. The Balaban J connectivity index is 0.00000132. The lowest BCUT2D eigenvalue weighted by atomic mass is 10.2. The lowest BCUT2D eigenvalue weighted by molar-refractivity contribution is -0.118. The first-order valence-electron chi connectivity index (χ1n) is 7.37. The number of ether oxygens (including phenoxy) is 1. The highest BCUT2D eigenvalue weighted by Crippen LogP contribution is 2.33. The zero-order valence-electron chi connectivity index (χ0n) is 13.3. The molecule has 0 spiro atoms. The Morgan fingerprint density at radius 2 is 2.04 bits per heavy atom. The van der Waals surface area contributed by atoms with E-state index in [1.165, 1.54) is 11.3 Å². The number of hydrogen-bond donors (Lipinski definition) is 2. The van der Waals surface area contributed by atoms with Gasteiger partial charge in [0.2, 0.25) is 5.91 Å². The van der Waals surface area contributed by atoms with E-state index in [2.05, 4.69) is 29.0 Å². The molecule has 1 aliphatic heterocycles. The van der Waals surface area contributed by atoms with Crippen molar-refractivity contribution in [2.45, 2.75) is 51.0 Å². The average Bonchev–Trinajstić information content (AvgIpc) is 2.99. The molecule has 23 heavy (non-hydrogen) atoms. The van der Waals surface area contributed by atoms with E-state index in [0.717, 1.165) is 38.2 Å². The summed E-state index contributed by atoms with van der Waals surface area (Å²) in [4.78, 5) is 18.7. The average molecular weight is 383 g/mol. The number of anilines is 1. The van der Waals surface area contributed by atoms with E-state index in [0.29, 0.717) is 5.13 Å². The molecule has 3 rings (SSSR count). The molecule has 1 aromatic heterocycles. The first-order valence-corrected chi connectivity index (χ1v) is 8.25. The van der Waals surface area contributed by atoms with Gasteiger partial charge in [-0.05, 0) is 26.7 Å².